The fraction of sp³-hybridized carbons (Fsp3) is 0.500. The summed E-state index contributed by atoms with van der Waals surface area (Å²) in [6.45, 7) is 1.85. The van der Waals surface area contributed by atoms with E-state index in [-0.39, 0.29) is 17.1 Å². The molecule has 1 aromatic rings. The molecule has 0 saturated heterocycles. The highest BCUT2D eigenvalue weighted by molar-refractivity contribution is 7.99. The third kappa shape index (κ3) is 5.08. The number of nitrogens with one attached hydrogen (secondary N) is 2. The molecule has 0 heterocycles. The van der Waals surface area contributed by atoms with Crippen molar-refractivity contribution in [1.29, 1.82) is 0 Å². The average Bonchev–Trinajstić information content (AvgIpc) is 3.30. The van der Waals surface area contributed by atoms with Crippen molar-refractivity contribution in [2.75, 3.05) is 6.26 Å². The SMILES string of the molecule is CS[C@@H](C)C(=O)N[C@H](Cc1ccccc1)C(=O)NC1CC1. The summed E-state index contributed by atoms with van der Waals surface area (Å²) in [7, 11) is 0. The Bertz CT molecular complexity index is 488. The molecule has 0 aromatic heterocycles. The van der Waals surface area contributed by atoms with Crippen LogP contribution in [0.1, 0.15) is 25.3 Å². The van der Waals surface area contributed by atoms with Crippen molar-refractivity contribution in [3.63, 3.8) is 0 Å². The number of carbonyl (C=O) groups excluding carboxylic acids is 2. The first-order chi connectivity index (χ1) is 10.1. The van der Waals surface area contributed by atoms with Crippen molar-refractivity contribution < 1.29 is 9.59 Å². The van der Waals surface area contributed by atoms with Gasteiger partial charge in [0.05, 0.1) is 5.25 Å². The average molecular weight is 306 g/mol. The van der Waals surface area contributed by atoms with Crippen LogP contribution >= 0.6 is 11.8 Å². The fourth-order valence-corrected chi connectivity index (χ4v) is 2.27. The molecule has 21 heavy (non-hydrogen) atoms. The van der Waals surface area contributed by atoms with E-state index in [0.717, 1.165) is 18.4 Å². The van der Waals surface area contributed by atoms with E-state index >= 15 is 0 Å². The molecule has 0 spiro atoms. The Morgan fingerprint density at radius 1 is 1.24 bits per heavy atom. The predicted octanol–water partition coefficient (Wildman–Crippen LogP) is 1.74. The van der Waals surface area contributed by atoms with Crippen LogP contribution in [0, 0.1) is 0 Å². The largest absolute Gasteiger partial charge is 0.352 e. The first-order valence-corrected chi connectivity index (χ1v) is 8.56. The summed E-state index contributed by atoms with van der Waals surface area (Å²) in [5.74, 6) is -0.169. The van der Waals surface area contributed by atoms with Crippen molar-refractivity contribution in [1.82, 2.24) is 10.6 Å². The maximum absolute atomic E-state index is 12.3. The number of thioether (sulfide) groups is 1. The molecular weight excluding hydrogens is 284 g/mol. The highest BCUT2D eigenvalue weighted by atomic mass is 32.2. The van der Waals surface area contributed by atoms with Crippen LogP contribution < -0.4 is 10.6 Å². The molecule has 0 unspecified atom stereocenters. The maximum Gasteiger partial charge on any atom is 0.243 e. The van der Waals surface area contributed by atoms with Gasteiger partial charge in [0.15, 0.2) is 0 Å². The number of hydrogen-bond donors (Lipinski definition) is 2. The molecule has 2 rings (SSSR count). The van der Waals surface area contributed by atoms with Gasteiger partial charge in [-0.1, -0.05) is 30.3 Å². The van der Waals surface area contributed by atoms with Gasteiger partial charge in [-0.2, -0.15) is 11.8 Å². The van der Waals surface area contributed by atoms with Crippen LogP contribution in [-0.4, -0.2) is 35.4 Å². The molecule has 1 aliphatic rings. The molecule has 2 N–H and O–H groups in total. The maximum atomic E-state index is 12.3. The number of rotatable bonds is 7. The van der Waals surface area contributed by atoms with E-state index in [1.807, 2.05) is 43.5 Å². The molecule has 1 fully saturated rings. The number of hydrogen-bond acceptors (Lipinski definition) is 3. The zero-order valence-electron chi connectivity index (χ0n) is 12.5. The van der Waals surface area contributed by atoms with Gasteiger partial charge in [0.1, 0.15) is 6.04 Å². The molecule has 2 atom stereocenters. The second-order valence-electron chi connectivity index (χ2n) is 5.41. The molecule has 2 amide bonds. The minimum absolute atomic E-state index is 0.0805. The smallest absolute Gasteiger partial charge is 0.243 e. The fourth-order valence-electron chi connectivity index (χ4n) is 1.98. The number of benzene rings is 1. The van der Waals surface area contributed by atoms with Crippen LogP contribution in [0.2, 0.25) is 0 Å². The summed E-state index contributed by atoms with van der Waals surface area (Å²) in [6, 6.07) is 9.57. The first-order valence-electron chi connectivity index (χ1n) is 7.27. The molecule has 0 aliphatic heterocycles. The lowest BCUT2D eigenvalue weighted by Gasteiger charge is -2.20. The topological polar surface area (TPSA) is 58.2 Å². The Kier molecular flexibility index (Phi) is 5.67. The van der Waals surface area contributed by atoms with Crippen molar-refractivity contribution in [3.8, 4) is 0 Å². The van der Waals surface area contributed by atoms with Gasteiger partial charge in [0, 0.05) is 12.5 Å². The zero-order chi connectivity index (χ0) is 15.2. The second-order valence-corrected chi connectivity index (χ2v) is 6.59. The van der Waals surface area contributed by atoms with E-state index in [0.29, 0.717) is 12.5 Å². The summed E-state index contributed by atoms with van der Waals surface area (Å²) in [4.78, 5) is 24.4. The molecular formula is C16H22N2O2S. The normalized spacial score (nSPS) is 16.9. The lowest BCUT2D eigenvalue weighted by molar-refractivity contribution is -0.128. The van der Waals surface area contributed by atoms with Gasteiger partial charge >= 0.3 is 0 Å². The van der Waals surface area contributed by atoms with Crippen LogP contribution in [0.3, 0.4) is 0 Å². The van der Waals surface area contributed by atoms with Gasteiger partial charge in [-0.15, -0.1) is 0 Å². The lowest BCUT2D eigenvalue weighted by Crippen LogP contribution is -2.50. The van der Waals surface area contributed by atoms with Gasteiger partial charge < -0.3 is 10.6 Å². The van der Waals surface area contributed by atoms with Gasteiger partial charge in [0.25, 0.3) is 0 Å². The van der Waals surface area contributed by atoms with E-state index in [2.05, 4.69) is 10.6 Å². The number of carbonyl (C=O) groups is 2. The summed E-state index contributed by atoms with van der Waals surface area (Å²) in [5, 5.41) is 5.70. The lowest BCUT2D eigenvalue weighted by atomic mass is 10.0. The van der Waals surface area contributed by atoms with Crippen LogP contribution in [0.4, 0.5) is 0 Å². The molecule has 1 saturated carbocycles. The molecule has 1 aliphatic carbocycles. The Morgan fingerprint density at radius 3 is 2.48 bits per heavy atom. The van der Waals surface area contributed by atoms with Crippen molar-refractivity contribution in [2.45, 2.75) is 43.5 Å². The Balaban J connectivity index is 2.01. The molecule has 0 radical (unpaired) electrons. The monoisotopic (exact) mass is 306 g/mol. The van der Waals surface area contributed by atoms with Crippen LogP contribution in [-0.2, 0) is 16.0 Å². The van der Waals surface area contributed by atoms with Crippen molar-refractivity contribution >= 4 is 23.6 Å². The van der Waals surface area contributed by atoms with E-state index in [9.17, 15) is 9.59 Å². The van der Waals surface area contributed by atoms with E-state index in [4.69, 9.17) is 0 Å². The van der Waals surface area contributed by atoms with Gasteiger partial charge in [-0.25, -0.2) is 0 Å². The molecule has 5 heteroatoms. The van der Waals surface area contributed by atoms with Gasteiger partial charge in [-0.3, -0.25) is 9.59 Å². The number of amides is 2. The summed E-state index contributed by atoms with van der Waals surface area (Å²) >= 11 is 1.48. The summed E-state index contributed by atoms with van der Waals surface area (Å²) in [6.07, 6.45) is 4.49. The molecule has 4 nitrogen and oxygen atoms in total. The van der Waals surface area contributed by atoms with E-state index in [1.54, 1.807) is 0 Å². The Hall–Kier alpha value is -1.49. The third-order valence-corrected chi connectivity index (χ3v) is 4.48. The third-order valence-electron chi connectivity index (χ3n) is 3.56. The van der Waals surface area contributed by atoms with Gasteiger partial charge in [-0.05, 0) is 31.6 Å². The van der Waals surface area contributed by atoms with E-state index in [1.165, 1.54) is 11.8 Å². The minimum Gasteiger partial charge on any atom is -0.352 e. The van der Waals surface area contributed by atoms with Crippen LogP contribution in [0.25, 0.3) is 0 Å². The summed E-state index contributed by atoms with van der Waals surface area (Å²) < 4.78 is 0. The zero-order valence-corrected chi connectivity index (χ0v) is 13.3. The highest BCUT2D eigenvalue weighted by Crippen LogP contribution is 2.19. The van der Waals surface area contributed by atoms with Crippen LogP contribution in [0.5, 0.6) is 0 Å². The first kappa shape index (κ1) is 15.9. The highest BCUT2D eigenvalue weighted by Gasteiger charge is 2.29. The van der Waals surface area contributed by atoms with E-state index < -0.39 is 6.04 Å². The van der Waals surface area contributed by atoms with Crippen LogP contribution in [0.15, 0.2) is 30.3 Å². The van der Waals surface area contributed by atoms with Crippen molar-refractivity contribution in [3.05, 3.63) is 35.9 Å². The quantitative estimate of drug-likeness (QED) is 0.807. The minimum atomic E-state index is -0.505. The second kappa shape index (κ2) is 7.50. The Morgan fingerprint density at radius 2 is 1.90 bits per heavy atom. The molecule has 1 aromatic carbocycles. The molecule has 114 valence electrons. The Labute approximate surface area is 130 Å². The summed E-state index contributed by atoms with van der Waals surface area (Å²) in [5.41, 5.74) is 1.05. The molecule has 0 bridgehead atoms. The van der Waals surface area contributed by atoms with Gasteiger partial charge in [0.2, 0.25) is 11.8 Å². The predicted molar refractivity (Wildman–Crippen MR) is 86.2 cm³/mol. The standard InChI is InChI=1S/C16H22N2O2S/c1-11(21-2)15(19)18-14(16(20)17-13-8-9-13)10-12-6-4-3-5-7-12/h3-7,11,13-14H,8-10H2,1-2H3,(H,17,20)(H,18,19)/t11-,14+/m0/s1. The van der Waals surface area contributed by atoms with Crippen molar-refractivity contribution in [2.24, 2.45) is 0 Å².